The van der Waals surface area contributed by atoms with Crippen LogP contribution in [0.3, 0.4) is 0 Å². The topological polar surface area (TPSA) is 57.8 Å². The third kappa shape index (κ3) is 2.37. The highest BCUT2D eigenvalue weighted by molar-refractivity contribution is 6.07. The summed E-state index contributed by atoms with van der Waals surface area (Å²) in [5.74, 6) is -0.525. The molecule has 0 saturated heterocycles. The summed E-state index contributed by atoms with van der Waals surface area (Å²) in [5, 5.41) is 3.07. The second-order valence-electron chi connectivity index (χ2n) is 7.31. The highest BCUT2D eigenvalue weighted by Gasteiger charge is 2.32. The largest absolute Gasteiger partial charge is 0.352 e. The Bertz CT molecular complexity index is 905. The van der Waals surface area contributed by atoms with Crippen LogP contribution in [0.1, 0.15) is 42.9 Å². The number of hydrogen-bond acceptors (Lipinski definition) is 2. The molecule has 0 spiro atoms. The van der Waals surface area contributed by atoms with Crippen LogP contribution in [0.25, 0.3) is 22.5 Å². The Morgan fingerprint density at radius 1 is 1.21 bits per heavy atom. The van der Waals surface area contributed by atoms with Gasteiger partial charge in [0.1, 0.15) is 5.82 Å². The molecule has 4 nitrogen and oxygen atoms in total. The van der Waals surface area contributed by atoms with Crippen LogP contribution in [0.15, 0.2) is 36.5 Å². The van der Waals surface area contributed by atoms with Crippen molar-refractivity contribution in [1.82, 2.24) is 15.3 Å². The average molecular weight is 323 g/mol. The van der Waals surface area contributed by atoms with E-state index < -0.39 is 0 Å². The predicted octanol–water partition coefficient (Wildman–Crippen LogP) is 4.15. The number of rotatable bonds is 3. The SMILES string of the molecule is CC(C)(C)C(NC(=O)c1ccc2c3[nH]c-3cc1-2)c1ccc(F)cn1. The minimum atomic E-state index is -0.387. The number of carbonyl (C=O) groups excluding carboxylic acids is 1. The quantitative estimate of drug-likeness (QED) is 0.595. The van der Waals surface area contributed by atoms with Gasteiger partial charge in [0, 0.05) is 11.1 Å². The van der Waals surface area contributed by atoms with Gasteiger partial charge in [0.05, 0.1) is 29.3 Å². The van der Waals surface area contributed by atoms with Gasteiger partial charge in [-0.2, -0.15) is 0 Å². The van der Waals surface area contributed by atoms with Crippen molar-refractivity contribution in [1.29, 1.82) is 0 Å². The average Bonchev–Trinajstić information content (AvgIpc) is 3.00. The Balaban J connectivity index is 1.63. The first-order valence-electron chi connectivity index (χ1n) is 7.93. The number of pyridine rings is 2. The second kappa shape index (κ2) is 4.90. The highest BCUT2D eigenvalue weighted by atomic mass is 19.1. The van der Waals surface area contributed by atoms with Gasteiger partial charge < -0.3 is 10.3 Å². The number of aromatic nitrogens is 2. The fourth-order valence-corrected chi connectivity index (χ4v) is 3.13. The molecule has 0 bridgehead atoms. The van der Waals surface area contributed by atoms with Crippen LogP contribution in [0.2, 0.25) is 0 Å². The van der Waals surface area contributed by atoms with Gasteiger partial charge in [0.2, 0.25) is 0 Å². The van der Waals surface area contributed by atoms with E-state index in [-0.39, 0.29) is 23.2 Å². The molecule has 1 aliphatic heterocycles. The Morgan fingerprint density at radius 3 is 2.67 bits per heavy atom. The maximum atomic E-state index is 13.2. The molecule has 0 aromatic carbocycles. The molecule has 1 amide bonds. The molecule has 3 aliphatic rings. The number of fused-ring (bicyclic) bond motifs is 3. The lowest BCUT2D eigenvalue weighted by Gasteiger charge is -2.31. The molecule has 1 atom stereocenters. The van der Waals surface area contributed by atoms with Gasteiger partial charge in [-0.25, -0.2) is 4.39 Å². The lowest BCUT2D eigenvalue weighted by molar-refractivity contribution is 0.0900. The third-order valence-corrected chi connectivity index (χ3v) is 4.45. The van der Waals surface area contributed by atoms with Crippen LogP contribution in [-0.2, 0) is 0 Å². The molecule has 1 aromatic rings. The number of halogens is 1. The van der Waals surface area contributed by atoms with Gasteiger partial charge in [-0.1, -0.05) is 26.8 Å². The van der Waals surface area contributed by atoms with Crippen molar-refractivity contribution < 1.29 is 9.18 Å². The molecule has 122 valence electrons. The van der Waals surface area contributed by atoms with Crippen LogP contribution in [0, 0.1) is 11.2 Å². The van der Waals surface area contributed by atoms with E-state index >= 15 is 0 Å². The van der Waals surface area contributed by atoms with Crippen LogP contribution in [0.4, 0.5) is 4.39 Å². The van der Waals surface area contributed by atoms with E-state index in [2.05, 4.69) is 15.3 Å². The van der Waals surface area contributed by atoms with E-state index in [1.165, 1.54) is 12.3 Å². The van der Waals surface area contributed by atoms with Crippen LogP contribution in [0.5, 0.6) is 0 Å². The van der Waals surface area contributed by atoms with Crippen molar-refractivity contribution in [2.75, 3.05) is 0 Å². The summed E-state index contributed by atoms with van der Waals surface area (Å²) < 4.78 is 13.2. The fourth-order valence-electron chi connectivity index (χ4n) is 3.13. The van der Waals surface area contributed by atoms with Crippen molar-refractivity contribution >= 4 is 5.91 Å². The summed E-state index contributed by atoms with van der Waals surface area (Å²) in [4.78, 5) is 20.1. The van der Waals surface area contributed by atoms with E-state index in [1.807, 2.05) is 39.0 Å². The first-order chi connectivity index (χ1) is 11.3. The first-order valence-corrected chi connectivity index (χ1v) is 7.93. The van der Waals surface area contributed by atoms with E-state index in [9.17, 15) is 9.18 Å². The minimum Gasteiger partial charge on any atom is -0.352 e. The van der Waals surface area contributed by atoms with Gasteiger partial charge >= 0.3 is 0 Å². The molecule has 5 heteroatoms. The molecule has 1 unspecified atom stereocenters. The van der Waals surface area contributed by atoms with Gasteiger partial charge in [0.25, 0.3) is 5.91 Å². The van der Waals surface area contributed by atoms with Crippen molar-refractivity contribution in [3.8, 4) is 22.5 Å². The van der Waals surface area contributed by atoms with E-state index in [0.29, 0.717) is 11.3 Å². The maximum absolute atomic E-state index is 13.2. The zero-order chi connectivity index (χ0) is 17.1. The standard InChI is InChI=1S/C19H18FN3O/c1-19(2,3)17(14-7-4-10(20)9-21-14)23-18(24)12-6-5-11-13(12)8-15-16(11)22-15/h4-9,17,22H,1-3H3,(H,23,24). The summed E-state index contributed by atoms with van der Waals surface area (Å²) in [7, 11) is 0. The van der Waals surface area contributed by atoms with Crippen LogP contribution >= 0.6 is 0 Å². The molecule has 24 heavy (non-hydrogen) atoms. The summed E-state index contributed by atoms with van der Waals surface area (Å²) in [6.07, 6.45) is 1.18. The molecule has 2 N–H and O–H groups in total. The summed E-state index contributed by atoms with van der Waals surface area (Å²) in [6, 6.07) is 8.49. The fraction of sp³-hybridized carbons (Fsp3) is 0.263. The lowest BCUT2D eigenvalue weighted by atomic mass is 9.84. The number of aromatic amines is 1. The molecule has 0 radical (unpaired) electrons. The summed E-state index contributed by atoms with van der Waals surface area (Å²) in [6.45, 7) is 6.07. The molecule has 0 fully saturated rings. The van der Waals surface area contributed by atoms with Crippen LogP contribution in [-0.4, -0.2) is 15.9 Å². The number of hydrogen-bond donors (Lipinski definition) is 2. The molecular weight excluding hydrogens is 305 g/mol. The molecular formula is C19H18FN3O. The Kier molecular flexibility index (Phi) is 3.04. The normalized spacial score (nSPS) is 13.8. The highest BCUT2D eigenvalue weighted by Crippen LogP contribution is 2.46. The van der Waals surface area contributed by atoms with Crippen molar-refractivity contribution in [3.05, 3.63) is 53.6 Å². The van der Waals surface area contributed by atoms with E-state index in [0.717, 1.165) is 22.5 Å². The number of amides is 1. The monoisotopic (exact) mass is 323 g/mol. The van der Waals surface area contributed by atoms with E-state index in [1.54, 1.807) is 6.07 Å². The summed E-state index contributed by atoms with van der Waals surface area (Å²) >= 11 is 0. The van der Waals surface area contributed by atoms with Crippen LogP contribution < -0.4 is 5.32 Å². The number of nitrogens with zero attached hydrogens (tertiary/aromatic N) is 1. The van der Waals surface area contributed by atoms with Crippen molar-refractivity contribution in [3.63, 3.8) is 0 Å². The van der Waals surface area contributed by atoms with Crippen molar-refractivity contribution in [2.24, 2.45) is 5.41 Å². The number of nitrogens with one attached hydrogen (secondary N) is 2. The van der Waals surface area contributed by atoms with E-state index in [4.69, 9.17) is 0 Å². The van der Waals surface area contributed by atoms with Crippen molar-refractivity contribution in [2.45, 2.75) is 26.8 Å². The molecule has 4 rings (SSSR count). The molecule has 2 aliphatic carbocycles. The Hall–Kier alpha value is -2.69. The third-order valence-electron chi connectivity index (χ3n) is 4.45. The molecule has 1 aromatic heterocycles. The molecule has 2 heterocycles. The van der Waals surface area contributed by atoms with Gasteiger partial charge in [0.15, 0.2) is 0 Å². The molecule has 0 saturated carbocycles. The van der Waals surface area contributed by atoms with Gasteiger partial charge in [-0.05, 0) is 35.2 Å². The Morgan fingerprint density at radius 2 is 2.00 bits per heavy atom. The number of H-pyrrole nitrogens is 1. The first kappa shape index (κ1) is 14.9. The van der Waals surface area contributed by atoms with Gasteiger partial charge in [-0.3, -0.25) is 9.78 Å². The minimum absolute atomic E-state index is 0.138. The Labute approximate surface area is 139 Å². The summed E-state index contributed by atoms with van der Waals surface area (Å²) in [5.41, 5.74) is 5.33. The number of carbonyl (C=O) groups is 1. The zero-order valence-corrected chi connectivity index (χ0v) is 13.8. The smallest absolute Gasteiger partial charge is 0.252 e. The zero-order valence-electron chi connectivity index (χ0n) is 13.8. The predicted molar refractivity (Wildman–Crippen MR) is 90.3 cm³/mol. The maximum Gasteiger partial charge on any atom is 0.252 e. The van der Waals surface area contributed by atoms with Gasteiger partial charge in [-0.15, -0.1) is 0 Å². The second-order valence-corrected chi connectivity index (χ2v) is 7.31. The lowest BCUT2D eigenvalue weighted by Crippen LogP contribution is -2.37.